The van der Waals surface area contributed by atoms with Crippen molar-refractivity contribution in [2.45, 2.75) is 0 Å². The second-order valence-electron chi connectivity index (χ2n) is 4.64. The zero-order valence-electron chi connectivity index (χ0n) is 11.2. The predicted molar refractivity (Wildman–Crippen MR) is 79.1 cm³/mol. The summed E-state index contributed by atoms with van der Waals surface area (Å²) in [6.45, 7) is 2.72. The van der Waals surface area contributed by atoms with E-state index in [-0.39, 0.29) is 10.8 Å². The maximum Gasteiger partial charge on any atom is 0.277 e. The van der Waals surface area contributed by atoms with Crippen LogP contribution in [0.15, 0.2) is 24.3 Å². The third-order valence-electron chi connectivity index (χ3n) is 3.24. The monoisotopic (exact) mass is 307 g/mol. The smallest absolute Gasteiger partial charge is 0.277 e. The van der Waals surface area contributed by atoms with E-state index in [1.807, 2.05) is 0 Å². The van der Waals surface area contributed by atoms with Crippen molar-refractivity contribution in [2.75, 3.05) is 31.2 Å². The van der Waals surface area contributed by atoms with Gasteiger partial charge < -0.3 is 15.4 Å². The van der Waals surface area contributed by atoms with Crippen LogP contribution in [0, 0.1) is 5.82 Å². The van der Waals surface area contributed by atoms with Gasteiger partial charge in [-0.2, -0.15) is 0 Å². The first-order chi connectivity index (χ1) is 10.1. The number of nitrogens with two attached hydrogens (primary N) is 1. The highest BCUT2D eigenvalue weighted by molar-refractivity contribution is 7.18. The average molecular weight is 307 g/mol. The summed E-state index contributed by atoms with van der Waals surface area (Å²) >= 11 is 1.26. The number of ether oxygens (including phenoxy) is 1. The topological polar surface area (TPSA) is 68.5 Å². The number of carbonyl (C=O) groups excluding carboxylic acids is 1. The highest BCUT2D eigenvalue weighted by atomic mass is 32.1. The standard InChI is InChI=1S/C14H14FN3O2S/c15-10-3-1-9(2-4-10)11-14(18-5-7-20-8-6-18)21-13(17-11)12(16)19/h1-4H,5-8H2,(H2,16,19). The van der Waals surface area contributed by atoms with Crippen molar-refractivity contribution in [3.8, 4) is 11.3 Å². The van der Waals surface area contributed by atoms with E-state index in [1.165, 1.54) is 23.5 Å². The van der Waals surface area contributed by atoms with E-state index in [1.54, 1.807) is 12.1 Å². The first-order valence-electron chi connectivity index (χ1n) is 6.54. The Morgan fingerprint density at radius 1 is 1.29 bits per heavy atom. The highest BCUT2D eigenvalue weighted by Gasteiger charge is 2.22. The molecule has 0 radical (unpaired) electrons. The lowest BCUT2D eigenvalue weighted by Crippen LogP contribution is -2.35. The lowest BCUT2D eigenvalue weighted by molar-refractivity contribution is 0.1000. The molecule has 3 rings (SSSR count). The van der Waals surface area contributed by atoms with Gasteiger partial charge in [0.05, 0.1) is 13.2 Å². The van der Waals surface area contributed by atoms with E-state index in [4.69, 9.17) is 10.5 Å². The van der Waals surface area contributed by atoms with Gasteiger partial charge in [-0.15, -0.1) is 0 Å². The van der Waals surface area contributed by atoms with Gasteiger partial charge in [-0.3, -0.25) is 4.79 Å². The van der Waals surface area contributed by atoms with Crippen molar-refractivity contribution < 1.29 is 13.9 Å². The van der Waals surface area contributed by atoms with Gasteiger partial charge in [0.2, 0.25) is 0 Å². The number of halogens is 1. The Morgan fingerprint density at radius 2 is 1.95 bits per heavy atom. The summed E-state index contributed by atoms with van der Waals surface area (Å²) in [6.07, 6.45) is 0. The maximum atomic E-state index is 13.1. The van der Waals surface area contributed by atoms with Crippen LogP contribution in [0.5, 0.6) is 0 Å². The van der Waals surface area contributed by atoms with Gasteiger partial charge in [0, 0.05) is 18.7 Å². The van der Waals surface area contributed by atoms with Gasteiger partial charge in [-0.25, -0.2) is 9.37 Å². The van der Waals surface area contributed by atoms with E-state index in [0.29, 0.717) is 18.9 Å². The number of primary amides is 1. The Morgan fingerprint density at radius 3 is 2.57 bits per heavy atom. The van der Waals surface area contributed by atoms with Crippen molar-refractivity contribution >= 4 is 22.2 Å². The second-order valence-corrected chi connectivity index (χ2v) is 5.62. The molecule has 1 aliphatic heterocycles. The number of hydrogen-bond acceptors (Lipinski definition) is 5. The number of rotatable bonds is 3. The zero-order valence-corrected chi connectivity index (χ0v) is 12.0. The van der Waals surface area contributed by atoms with Crippen LogP contribution in [0.4, 0.5) is 9.39 Å². The first-order valence-corrected chi connectivity index (χ1v) is 7.36. The Kier molecular flexibility index (Phi) is 3.85. The number of thiazole rings is 1. The Hall–Kier alpha value is -1.99. The first kappa shape index (κ1) is 14.0. The second kappa shape index (κ2) is 5.79. The Labute approximate surface area is 125 Å². The molecule has 21 heavy (non-hydrogen) atoms. The van der Waals surface area contributed by atoms with Crippen molar-refractivity contribution in [2.24, 2.45) is 5.73 Å². The number of nitrogens with zero attached hydrogens (tertiary/aromatic N) is 2. The summed E-state index contributed by atoms with van der Waals surface area (Å²) in [5.74, 6) is -0.861. The molecule has 0 bridgehead atoms. The molecule has 0 spiro atoms. The molecule has 7 heteroatoms. The fourth-order valence-corrected chi connectivity index (χ4v) is 3.19. The molecule has 0 unspecified atom stereocenters. The van der Waals surface area contributed by atoms with E-state index >= 15 is 0 Å². The van der Waals surface area contributed by atoms with Crippen LogP contribution in [-0.2, 0) is 4.74 Å². The minimum atomic E-state index is -0.553. The van der Waals surface area contributed by atoms with Crippen LogP contribution in [0.1, 0.15) is 9.80 Å². The molecule has 1 aromatic heterocycles. The van der Waals surface area contributed by atoms with Crippen LogP contribution >= 0.6 is 11.3 Å². The summed E-state index contributed by atoms with van der Waals surface area (Å²) in [7, 11) is 0. The molecule has 5 nitrogen and oxygen atoms in total. The minimum absolute atomic E-state index is 0.260. The fraction of sp³-hybridized carbons (Fsp3) is 0.286. The van der Waals surface area contributed by atoms with Gasteiger partial charge in [0.15, 0.2) is 5.01 Å². The van der Waals surface area contributed by atoms with Crippen LogP contribution in [-0.4, -0.2) is 37.2 Å². The normalized spacial score (nSPS) is 15.2. The van der Waals surface area contributed by atoms with E-state index in [2.05, 4.69) is 9.88 Å². The number of carbonyl (C=O) groups is 1. The molecule has 1 fully saturated rings. The molecule has 1 aliphatic rings. The third kappa shape index (κ3) is 2.88. The minimum Gasteiger partial charge on any atom is -0.378 e. The molecule has 0 saturated carbocycles. The van der Waals surface area contributed by atoms with Crippen molar-refractivity contribution in [3.05, 3.63) is 35.1 Å². The quantitative estimate of drug-likeness (QED) is 0.940. The van der Waals surface area contributed by atoms with Gasteiger partial charge in [0.1, 0.15) is 16.5 Å². The SMILES string of the molecule is NC(=O)c1nc(-c2ccc(F)cc2)c(N2CCOCC2)s1. The molecule has 2 N–H and O–H groups in total. The van der Waals surface area contributed by atoms with Gasteiger partial charge in [-0.05, 0) is 24.3 Å². The van der Waals surface area contributed by atoms with Crippen LogP contribution < -0.4 is 10.6 Å². The van der Waals surface area contributed by atoms with Crippen molar-refractivity contribution in [1.82, 2.24) is 4.98 Å². The zero-order chi connectivity index (χ0) is 14.8. The molecule has 110 valence electrons. The molecule has 1 saturated heterocycles. The molecule has 2 heterocycles. The maximum absolute atomic E-state index is 13.1. The molecule has 0 aliphatic carbocycles. The summed E-state index contributed by atoms with van der Waals surface area (Å²) in [5.41, 5.74) is 6.76. The van der Waals surface area contributed by atoms with Gasteiger partial charge in [0.25, 0.3) is 5.91 Å². The summed E-state index contributed by atoms with van der Waals surface area (Å²) < 4.78 is 18.4. The predicted octanol–water partition coefficient (Wildman–Crippen LogP) is 1.88. The van der Waals surface area contributed by atoms with E-state index in [0.717, 1.165) is 23.7 Å². The lowest BCUT2D eigenvalue weighted by Gasteiger charge is -2.28. The highest BCUT2D eigenvalue weighted by Crippen LogP contribution is 2.36. The molecule has 1 amide bonds. The fourth-order valence-electron chi connectivity index (χ4n) is 2.19. The molecular weight excluding hydrogens is 293 g/mol. The van der Waals surface area contributed by atoms with Crippen LogP contribution in [0.25, 0.3) is 11.3 Å². The number of hydrogen-bond donors (Lipinski definition) is 1. The summed E-state index contributed by atoms with van der Waals surface area (Å²) in [6, 6.07) is 6.06. The number of benzene rings is 1. The van der Waals surface area contributed by atoms with Crippen LogP contribution in [0.3, 0.4) is 0 Å². The largest absolute Gasteiger partial charge is 0.378 e. The number of amides is 1. The van der Waals surface area contributed by atoms with Gasteiger partial charge in [-0.1, -0.05) is 11.3 Å². The summed E-state index contributed by atoms with van der Waals surface area (Å²) in [4.78, 5) is 17.8. The van der Waals surface area contributed by atoms with Crippen LogP contribution in [0.2, 0.25) is 0 Å². The third-order valence-corrected chi connectivity index (χ3v) is 4.37. The molecule has 1 aromatic carbocycles. The number of anilines is 1. The Balaban J connectivity index is 2.04. The van der Waals surface area contributed by atoms with Crippen molar-refractivity contribution in [1.29, 1.82) is 0 Å². The molecular formula is C14H14FN3O2S. The molecule has 0 atom stereocenters. The lowest BCUT2D eigenvalue weighted by atomic mass is 10.1. The summed E-state index contributed by atoms with van der Waals surface area (Å²) in [5, 5.41) is 1.13. The van der Waals surface area contributed by atoms with E-state index in [9.17, 15) is 9.18 Å². The van der Waals surface area contributed by atoms with Gasteiger partial charge >= 0.3 is 0 Å². The molecule has 2 aromatic rings. The number of aromatic nitrogens is 1. The number of morpholine rings is 1. The van der Waals surface area contributed by atoms with E-state index < -0.39 is 5.91 Å². The Bertz CT molecular complexity index is 651. The average Bonchev–Trinajstić information content (AvgIpc) is 2.94. The van der Waals surface area contributed by atoms with Crippen molar-refractivity contribution in [3.63, 3.8) is 0 Å².